The summed E-state index contributed by atoms with van der Waals surface area (Å²) in [6.07, 6.45) is 7.68. The number of nitrogens with zero attached hydrogens (tertiary/aromatic N) is 1. The highest BCUT2D eigenvalue weighted by atomic mass is 16.3. The lowest BCUT2D eigenvalue weighted by atomic mass is 9.79. The molecule has 0 aliphatic carbocycles. The molecular formula is C24H35N7O2. The van der Waals surface area contributed by atoms with E-state index < -0.39 is 0 Å². The van der Waals surface area contributed by atoms with Crippen molar-refractivity contribution < 1.29 is 10.2 Å². The van der Waals surface area contributed by atoms with Gasteiger partial charge in [0, 0.05) is 39.1 Å². The van der Waals surface area contributed by atoms with E-state index in [1.54, 1.807) is 30.4 Å². The Morgan fingerprint density at radius 2 is 1.76 bits per heavy atom. The lowest BCUT2D eigenvalue weighted by Gasteiger charge is -2.49. The zero-order chi connectivity index (χ0) is 24.6. The van der Waals surface area contributed by atoms with Gasteiger partial charge in [0.05, 0.1) is 11.7 Å². The third kappa shape index (κ3) is 5.68. The molecule has 2 aliphatic heterocycles. The number of dihydropyridines is 1. The molecule has 178 valence electrons. The van der Waals surface area contributed by atoms with Gasteiger partial charge in [-0.1, -0.05) is 6.07 Å². The second-order valence-corrected chi connectivity index (χ2v) is 9.96. The summed E-state index contributed by atoms with van der Waals surface area (Å²) < 4.78 is 0. The first-order valence-electron chi connectivity index (χ1n) is 10.8. The molecular weight excluding hydrogens is 418 g/mol. The quantitative estimate of drug-likeness (QED) is 0.141. The first-order valence-corrected chi connectivity index (χ1v) is 10.8. The molecule has 2 aliphatic rings. The fraction of sp³-hybridized carbons (Fsp3) is 0.375. The number of nitrogens with one attached hydrogen (secondary N) is 3. The maximum absolute atomic E-state index is 10.5. The summed E-state index contributed by atoms with van der Waals surface area (Å²) in [5.41, 5.74) is 13.2. The third-order valence-corrected chi connectivity index (χ3v) is 5.82. The Morgan fingerprint density at radius 3 is 2.30 bits per heavy atom. The van der Waals surface area contributed by atoms with E-state index in [9.17, 15) is 10.2 Å². The standard InChI is InChI=1S/C24H35N7O2/c1-23(2)11-15(12-24(3,4)30-23)31(28)22(27)19(26)10-18(25)17-7-5-14(9-21(17)33)20-8-6-16(32)13-29-20/h5-10,13,15,27,29-30,32-33H,11-12,25-26,28H2,1-4H3/b18-17-,19-10+,20-14-,27-22?. The Labute approximate surface area is 194 Å². The van der Waals surface area contributed by atoms with Crippen molar-refractivity contribution >= 4 is 17.2 Å². The Hall–Kier alpha value is -3.43. The summed E-state index contributed by atoms with van der Waals surface area (Å²) in [4.78, 5) is 0. The van der Waals surface area contributed by atoms with Gasteiger partial charge in [0.1, 0.15) is 11.5 Å². The van der Waals surface area contributed by atoms with Crippen molar-refractivity contribution in [3.8, 4) is 5.75 Å². The van der Waals surface area contributed by atoms with E-state index in [1.807, 2.05) is 0 Å². The van der Waals surface area contributed by atoms with Crippen molar-refractivity contribution in [2.45, 2.75) is 57.7 Å². The highest BCUT2D eigenvalue weighted by Gasteiger charge is 2.40. The van der Waals surface area contributed by atoms with Gasteiger partial charge in [-0.05, 0) is 70.9 Å². The molecule has 0 unspecified atom stereocenters. The van der Waals surface area contributed by atoms with Crippen molar-refractivity contribution in [3.63, 3.8) is 0 Å². The number of hydrogen-bond donors (Lipinski definition) is 8. The fourth-order valence-corrected chi connectivity index (χ4v) is 4.65. The van der Waals surface area contributed by atoms with Crippen LogP contribution in [0.3, 0.4) is 0 Å². The summed E-state index contributed by atoms with van der Waals surface area (Å²) in [6, 6.07) is 4.96. The average molecular weight is 454 g/mol. The van der Waals surface area contributed by atoms with E-state index in [-0.39, 0.29) is 45.9 Å². The largest absolute Gasteiger partial charge is 0.507 e. The number of allylic oxidation sites excluding steroid dienone is 1. The van der Waals surface area contributed by atoms with Gasteiger partial charge in [0.25, 0.3) is 0 Å². The van der Waals surface area contributed by atoms with Crippen molar-refractivity contribution in [1.29, 1.82) is 5.41 Å². The summed E-state index contributed by atoms with van der Waals surface area (Å²) >= 11 is 0. The fourth-order valence-electron chi connectivity index (χ4n) is 4.65. The van der Waals surface area contributed by atoms with Crippen LogP contribution in [0.1, 0.15) is 40.5 Å². The Bertz CT molecular complexity index is 1150. The molecule has 1 saturated heterocycles. The van der Waals surface area contributed by atoms with Gasteiger partial charge < -0.3 is 32.3 Å². The molecule has 9 heteroatoms. The second kappa shape index (κ2) is 8.84. The maximum Gasteiger partial charge on any atom is 0.158 e. The van der Waals surface area contributed by atoms with Crippen LogP contribution in [0.15, 0.2) is 54.1 Å². The third-order valence-electron chi connectivity index (χ3n) is 5.82. The van der Waals surface area contributed by atoms with Crippen LogP contribution in [-0.2, 0) is 0 Å². The number of aromatic hydroxyl groups is 1. The number of nitrogens with two attached hydrogens (primary N) is 3. The smallest absolute Gasteiger partial charge is 0.158 e. The van der Waals surface area contributed by atoms with Gasteiger partial charge in [0.15, 0.2) is 5.84 Å². The molecule has 1 aromatic carbocycles. The minimum atomic E-state index is -0.129. The number of aliphatic hydroxyl groups is 1. The normalized spacial score (nSPS) is 22.8. The summed E-state index contributed by atoms with van der Waals surface area (Å²) in [5, 5.41) is 37.5. The number of hydrazine groups is 1. The molecule has 0 atom stereocenters. The van der Waals surface area contributed by atoms with Gasteiger partial charge in [-0.2, -0.15) is 0 Å². The highest BCUT2D eigenvalue weighted by Crippen LogP contribution is 2.30. The predicted octanol–water partition coefficient (Wildman–Crippen LogP) is 0.431. The van der Waals surface area contributed by atoms with Crippen LogP contribution in [0.4, 0.5) is 0 Å². The molecule has 3 rings (SSSR count). The van der Waals surface area contributed by atoms with E-state index >= 15 is 0 Å². The van der Waals surface area contributed by atoms with Crippen LogP contribution in [0.5, 0.6) is 5.75 Å². The number of amidine groups is 1. The highest BCUT2D eigenvalue weighted by molar-refractivity contribution is 5.96. The maximum atomic E-state index is 10.5. The number of phenolic OH excluding ortho intramolecular Hbond substituents is 1. The van der Waals surface area contributed by atoms with Crippen LogP contribution in [-0.4, -0.2) is 38.2 Å². The van der Waals surface area contributed by atoms with Crippen LogP contribution in [0.25, 0.3) is 11.4 Å². The monoisotopic (exact) mass is 453 g/mol. The van der Waals surface area contributed by atoms with Crippen LogP contribution >= 0.6 is 0 Å². The number of benzene rings is 1. The molecule has 0 saturated carbocycles. The molecule has 2 heterocycles. The van der Waals surface area contributed by atoms with Gasteiger partial charge in [-0.25, -0.2) is 5.84 Å². The number of rotatable bonds is 3. The van der Waals surface area contributed by atoms with Crippen LogP contribution in [0.2, 0.25) is 0 Å². The molecule has 0 spiro atoms. The molecule has 0 aromatic heterocycles. The van der Waals surface area contributed by atoms with Crippen molar-refractivity contribution in [2.24, 2.45) is 17.3 Å². The summed E-state index contributed by atoms with van der Waals surface area (Å²) in [6.45, 7) is 8.47. The molecule has 0 amide bonds. The van der Waals surface area contributed by atoms with Crippen molar-refractivity contribution in [2.75, 3.05) is 0 Å². The Kier molecular flexibility index (Phi) is 6.49. The van der Waals surface area contributed by atoms with Gasteiger partial charge in [-0.3, -0.25) is 10.4 Å². The van der Waals surface area contributed by atoms with Crippen molar-refractivity contribution in [1.82, 2.24) is 15.6 Å². The molecule has 11 N–H and O–H groups in total. The summed E-state index contributed by atoms with van der Waals surface area (Å²) in [7, 11) is 0. The van der Waals surface area contributed by atoms with Gasteiger partial charge in [-0.15, -0.1) is 0 Å². The lowest BCUT2D eigenvalue weighted by Crippen LogP contribution is -2.64. The van der Waals surface area contributed by atoms with E-state index in [0.29, 0.717) is 5.22 Å². The Balaban J connectivity index is 1.86. The van der Waals surface area contributed by atoms with Crippen LogP contribution < -0.4 is 38.4 Å². The van der Waals surface area contributed by atoms with Gasteiger partial charge in [0.2, 0.25) is 0 Å². The minimum absolute atomic E-state index is 0.0220. The number of phenols is 1. The van der Waals surface area contributed by atoms with Gasteiger partial charge >= 0.3 is 0 Å². The van der Waals surface area contributed by atoms with E-state index in [2.05, 4.69) is 38.3 Å². The number of hydrogen-bond acceptors (Lipinski definition) is 8. The summed E-state index contributed by atoms with van der Waals surface area (Å²) in [5.74, 6) is 6.37. The molecule has 0 bridgehead atoms. The molecule has 1 aromatic rings. The van der Waals surface area contributed by atoms with E-state index in [0.717, 1.165) is 23.8 Å². The minimum Gasteiger partial charge on any atom is -0.507 e. The molecule has 0 radical (unpaired) electrons. The van der Waals surface area contributed by atoms with Crippen LogP contribution in [0, 0.1) is 5.41 Å². The number of aliphatic hydroxyl groups excluding tert-OH is 1. The van der Waals surface area contributed by atoms with E-state index in [1.165, 1.54) is 17.3 Å². The first-order chi connectivity index (χ1) is 15.3. The molecule has 9 nitrogen and oxygen atoms in total. The topological polar surface area (TPSA) is 170 Å². The second-order valence-electron chi connectivity index (χ2n) is 9.96. The van der Waals surface area contributed by atoms with E-state index in [4.69, 9.17) is 22.7 Å². The zero-order valence-electron chi connectivity index (χ0n) is 19.6. The Morgan fingerprint density at radius 1 is 1.12 bits per heavy atom. The predicted molar refractivity (Wildman–Crippen MR) is 132 cm³/mol. The molecule has 1 fully saturated rings. The molecule has 33 heavy (non-hydrogen) atoms. The SMILES string of the molecule is CC1(C)CC(N(N)C(=N)/C(N)=C\C(N)=c2/cc/c(=C3\C=CC(O)=CN3)cc2O)CC(C)(C)N1. The first kappa shape index (κ1) is 24.2. The number of piperidine rings is 1. The average Bonchev–Trinajstić information content (AvgIpc) is 2.70. The van der Waals surface area contributed by atoms with Crippen molar-refractivity contribution in [3.05, 3.63) is 64.5 Å². The zero-order valence-corrected chi connectivity index (χ0v) is 19.6. The lowest BCUT2D eigenvalue weighted by molar-refractivity contribution is 0.103.